The van der Waals surface area contributed by atoms with Crippen molar-refractivity contribution in [2.24, 2.45) is 0 Å². The molecule has 1 aromatic heterocycles. The first-order chi connectivity index (χ1) is 7.38. The minimum absolute atomic E-state index is 1.32. The summed E-state index contributed by atoms with van der Waals surface area (Å²) < 4.78 is 0. The fraction of sp³-hybridized carbons (Fsp3) is 0.714. The van der Waals surface area contributed by atoms with Crippen LogP contribution in [-0.4, -0.2) is 0 Å². The molecule has 1 aliphatic rings. The van der Waals surface area contributed by atoms with Gasteiger partial charge in [0.2, 0.25) is 0 Å². The maximum Gasteiger partial charge on any atom is 0.00772 e. The lowest BCUT2D eigenvalue weighted by atomic mass is 10.00. The van der Waals surface area contributed by atoms with Crippen molar-refractivity contribution in [3.63, 3.8) is 0 Å². The Balaban J connectivity index is 0.000000282. The maximum absolute atomic E-state index is 2.28. The number of rotatable bonds is 1. The van der Waals surface area contributed by atoms with E-state index in [1.54, 1.807) is 10.4 Å². The number of unbranched alkanes of at least 4 members (excludes halogenated alkanes) is 1. The monoisotopic (exact) mass is 226 g/mol. The molecule has 0 radical (unpaired) electrons. The Labute approximate surface area is 99.7 Å². The van der Waals surface area contributed by atoms with Crippen LogP contribution in [0.4, 0.5) is 0 Å². The van der Waals surface area contributed by atoms with Gasteiger partial charge in [0.15, 0.2) is 0 Å². The third kappa shape index (κ3) is 5.99. The van der Waals surface area contributed by atoms with E-state index in [1.807, 2.05) is 25.2 Å². The van der Waals surface area contributed by atoms with Crippen LogP contribution >= 0.6 is 11.3 Å². The molecule has 0 spiro atoms. The van der Waals surface area contributed by atoms with Gasteiger partial charge in [0.25, 0.3) is 0 Å². The Hall–Kier alpha value is -0.300. The van der Waals surface area contributed by atoms with Crippen molar-refractivity contribution in [2.75, 3.05) is 0 Å². The van der Waals surface area contributed by atoms with Gasteiger partial charge in [0, 0.05) is 4.88 Å². The average Bonchev–Trinajstić information content (AvgIpc) is 2.80. The quantitative estimate of drug-likeness (QED) is 0.596. The summed E-state index contributed by atoms with van der Waals surface area (Å²) in [5.41, 5.74) is 1.62. The molecule has 0 amide bonds. The second kappa shape index (κ2) is 10.2. The molecule has 0 aliphatic heterocycles. The molecule has 0 aromatic carbocycles. The lowest BCUT2D eigenvalue weighted by molar-refractivity contribution is 0.697. The first-order valence-electron chi connectivity index (χ1n) is 6.43. The Morgan fingerprint density at radius 3 is 2.20 bits per heavy atom. The smallest absolute Gasteiger partial charge is 0.00772 e. The van der Waals surface area contributed by atoms with Gasteiger partial charge >= 0.3 is 0 Å². The van der Waals surface area contributed by atoms with Gasteiger partial charge in [0.1, 0.15) is 0 Å². The zero-order valence-electron chi connectivity index (χ0n) is 10.8. The number of hydrogen-bond donors (Lipinski definition) is 0. The van der Waals surface area contributed by atoms with E-state index in [0.29, 0.717) is 0 Å². The predicted molar refractivity (Wildman–Crippen MR) is 72.9 cm³/mol. The van der Waals surface area contributed by atoms with Gasteiger partial charge in [0.05, 0.1) is 0 Å². The van der Waals surface area contributed by atoms with Gasteiger partial charge in [-0.05, 0) is 42.7 Å². The zero-order valence-corrected chi connectivity index (χ0v) is 11.6. The molecule has 1 heteroatoms. The molecule has 0 unspecified atom stereocenters. The molecule has 1 heterocycles. The second-order valence-corrected chi connectivity index (χ2v) is 4.58. The van der Waals surface area contributed by atoms with Crippen LogP contribution < -0.4 is 0 Å². The zero-order chi connectivity index (χ0) is 11.5. The van der Waals surface area contributed by atoms with Crippen molar-refractivity contribution in [1.29, 1.82) is 0 Å². The number of aryl methyl sites for hydroxylation is 2. The van der Waals surface area contributed by atoms with Crippen LogP contribution in [0.25, 0.3) is 0 Å². The van der Waals surface area contributed by atoms with E-state index in [1.165, 1.54) is 38.5 Å². The molecule has 2 rings (SSSR count). The molecule has 0 nitrogen and oxygen atoms in total. The molecule has 0 saturated heterocycles. The highest BCUT2D eigenvalue weighted by atomic mass is 32.1. The number of hydrogen-bond acceptors (Lipinski definition) is 1. The van der Waals surface area contributed by atoms with E-state index in [0.717, 1.165) is 0 Å². The second-order valence-electron chi connectivity index (χ2n) is 3.58. The van der Waals surface area contributed by atoms with Gasteiger partial charge in [-0.1, -0.05) is 40.5 Å². The van der Waals surface area contributed by atoms with E-state index >= 15 is 0 Å². The molecule has 0 N–H and O–H groups in total. The lowest BCUT2D eigenvalue weighted by Gasteiger charge is -2.08. The molecule has 0 fully saturated rings. The number of fused-ring (bicyclic) bond motifs is 1. The lowest BCUT2D eigenvalue weighted by Crippen LogP contribution is -1.96. The normalized spacial score (nSPS) is 12.8. The van der Waals surface area contributed by atoms with Crippen LogP contribution in [0.3, 0.4) is 0 Å². The fourth-order valence-electron chi connectivity index (χ4n) is 1.41. The molecule has 1 aliphatic carbocycles. The molecule has 1 aromatic rings. The highest BCUT2D eigenvalue weighted by Gasteiger charge is 2.08. The van der Waals surface area contributed by atoms with Crippen LogP contribution in [0.5, 0.6) is 0 Å². The summed E-state index contributed by atoms with van der Waals surface area (Å²) in [7, 11) is 0. The van der Waals surface area contributed by atoms with E-state index in [4.69, 9.17) is 0 Å². The van der Waals surface area contributed by atoms with Gasteiger partial charge in [-0.2, -0.15) is 0 Å². The van der Waals surface area contributed by atoms with Crippen LogP contribution in [0, 0.1) is 0 Å². The van der Waals surface area contributed by atoms with Gasteiger partial charge in [-0.3, -0.25) is 0 Å². The number of thiophene rings is 1. The van der Waals surface area contributed by atoms with Crippen LogP contribution in [0.1, 0.15) is 63.8 Å². The summed E-state index contributed by atoms with van der Waals surface area (Å²) >= 11 is 1.93. The fourth-order valence-corrected chi connectivity index (χ4v) is 2.39. The third-order valence-electron chi connectivity index (χ3n) is 2.44. The van der Waals surface area contributed by atoms with Crippen molar-refractivity contribution in [2.45, 2.75) is 66.2 Å². The molecule has 15 heavy (non-hydrogen) atoms. The largest absolute Gasteiger partial charge is 0.149 e. The van der Waals surface area contributed by atoms with Crippen molar-refractivity contribution in [3.8, 4) is 0 Å². The SMILES string of the molecule is CC.CCCC.c1cc2c(s1)CCCC2. The topological polar surface area (TPSA) is 0 Å². The minimum atomic E-state index is 1.32. The Morgan fingerprint density at radius 1 is 1.07 bits per heavy atom. The summed E-state index contributed by atoms with van der Waals surface area (Å²) in [6.45, 7) is 8.36. The molecular formula is C14H26S. The Kier molecular flexibility index (Phi) is 10.0. The van der Waals surface area contributed by atoms with Crippen molar-refractivity contribution >= 4 is 11.3 Å². The van der Waals surface area contributed by atoms with Crippen molar-refractivity contribution < 1.29 is 0 Å². The summed E-state index contributed by atoms with van der Waals surface area (Å²) in [4.78, 5) is 1.64. The van der Waals surface area contributed by atoms with Crippen LogP contribution in [0.2, 0.25) is 0 Å². The first-order valence-corrected chi connectivity index (χ1v) is 7.31. The van der Waals surface area contributed by atoms with Crippen molar-refractivity contribution in [3.05, 3.63) is 21.9 Å². The molecular weight excluding hydrogens is 200 g/mol. The van der Waals surface area contributed by atoms with E-state index in [9.17, 15) is 0 Å². The summed E-state index contributed by atoms with van der Waals surface area (Å²) in [6.07, 6.45) is 8.13. The summed E-state index contributed by atoms with van der Waals surface area (Å²) in [5.74, 6) is 0. The molecule has 0 atom stereocenters. The highest BCUT2D eigenvalue weighted by Crippen LogP contribution is 2.25. The molecule has 88 valence electrons. The van der Waals surface area contributed by atoms with Gasteiger partial charge in [-0.15, -0.1) is 11.3 Å². The highest BCUT2D eigenvalue weighted by molar-refractivity contribution is 7.10. The van der Waals surface area contributed by atoms with Gasteiger partial charge in [-0.25, -0.2) is 0 Å². The molecule has 0 saturated carbocycles. The van der Waals surface area contributed by atoms with Crippen molar-refractivity contribution in [1.82, 2.24) is 0 Å². The minimum Gasteiger partial charge on any atom is -0.149 e. The predicted octanol–water partition coefficient (Wildman–Crippen LogP) is 5.46. The molecule has 0 bridgehead atoms. The standard InChI is InChI=1S/C8H10S.C4H10.C2H6/c1-2-4-8-7(3-1)5-6-9-8;1-3-4-2;1-2/h5-6H,1-4H2;3-4H2,1-2H3;1-2H3. The van der Waals surface area contributed by atoms with E-state index in [2.05, 4.69) is 25.3 Å². The first kappa shape index (κ1) is 14.7. The Bertz CT molecular complexity index is 202. The summed E-state index contributed by atoms with van der Waals surface area (Å²) in [6, 6.07) is 2.28. The van der Waals surface area contributed by atoms with Crippen LogP contribution in [-0.2, 0) is 12.8 Å². The van der Waals surface area contributed by atoms with Crippen LogP contribution in [0.15, 0.2) is 11.4 Å². The van der Waals surface area contributed by atoms with E-state index in [-0.39, 0.29) is 0 Å². The summed E-state index contributed by atoms with van der Waals surface area (Å²) in [5, 5.41) is 2.22. The Morgan fingerprint density at radius 2 is 1.67 bits per heavy atom. The maximum atomic E-state index is 2.28. The van der Waals surface area contributed by atoms with Gasteiger partial charge < -0.3 is 0 Å². The third-order valence-corrected chi connectivity index (χ3v) is 3.46. The average molecular weight is 226 g/mol. The van der Waals surface area contributed by atoms with E-state index < -0.39 is 0 Å².